The van der Waals surface area contributed by atoms with Crippen LogP contribution < -0.4 is 0 Å². The number of benzene rings is 1. The van der Waals surface area contributed by atoms with Gasteiger partial charge in [-0.05, 0) is 24.3 Å². The molecule has 0 heterocycles. The number of phenols is 1. The molecule has 3 heteroatoms. The zero-order valence-electron chi connectivity index (χ0n) is 10.00. The first-order chi connectivity index (χ1) is 7.31. The van der Waals surface area contributed by atoms with Crippen molar-refractivity contribution in [3.05, 3.63) is 29.6 Å². The first kappa shape index (κ1) is 13.0. The monoisotopic (exact) mass is 226 g/mol. The summed E-state index contributed by atoms with van der Waals surface area (Å²) in [6.45, 7) is 6.20. The number of phenolic OH excluding ortho intramolecular Hbond substituents is 1. The van der Waals surface area contributed by atoms with Crippen LogP contribution >= 0.6 is 0 Å². The Bertz CT molecular complexity index is 355. The molecule has 0 amide bonds. The van der Waals surface area contributed by atoms with Crippen LogP contribution in [0.15, 0.2) is 18.2 Å². The third kappa shape index (κ3) is 3.49. The van der Waals surface area contributed by atoms with Gasteiger partial charge in [-0.1, -0.05) is 32.9 Å². The molecule has 1 aromatic rings. The van der Waals surface area contributed by atoms with Gasteiger partial charge in [-0.25, -0.2) is 4.39 Å². The zero-order chi connectivity index (χ0) is 12.3. The van der Waals surface area contributed by atoms with Gasteiger partial charge < -0.3 is 10.2 Å². The van der Waals surface area contributed by atoms with Crippen molar-refractivity contribution in [1.82, 2.24) is 0 Å². The Balaban J connectivity index is 2.73. The van der Waals surface area contributed by atoms with Crippen LogP contribution in [0.1, 0.15) is 45.3 Å². The van der Waals surface area contributed by atoms with E-state index in [1.54, 1.807) is 0 Å². The SMILES string of the molecule is CC(C)(C)CC[C@H](O)c1cccc(O)c1F. The van der Waals surface area contributed by atoms with E-state index in [1.165, 1.54) is 18.2 Å². The summed E-state index contributed by atoms with van der Waals surface area (Å²) in [6.07, 6.45) is 0.430. The minimum absolute atomic E-state index is 0.105. The Labute approximate surface area is 95.7 Å². The van der Waals surface area contributed by atoms with Gasteiger partial charge in [0, 0.05) is 5.56 Å². The molecule has 0 bridgehead atoms. The molecule has 0 radical (unpaired) electrons. The van der Waals surface area contributed by atoms with Crippen LogP contribution in [0, 0.1) is 11.2 Å². The van der Waals surface area contributed by atoms with Gasteiger partial charge in [0.25, 0.3) is 0 Å². The number of rotatable bonds is 3. The summed E-state index contributed by atoms with van der Waals surface area (Å²) in [4.78, 5) is 0. The minimum Gasteiger partial charge on any atom is -0.505 e. The third-order valence-corrected chi connectivity index (χ3v) is 2.53. The lowest BCUT2D eigenvalue weighted by atomic mass is 9.88. The Morgan fingerprint density at radius 3 is 2.50 bits per heavy atom. The Morgan fingerprint density at radius 1 is 1.31 bits per heavy atom. The lowest BCUT2D eigenvalue weighted by Crippen LogP contribution is -2.09. The quantitative estimate of drug-likeness (QED) is 0.829. The van der Waals surface area contributed by atoms with E-state index < -0.39 is 17.7 Å². The van der Waals surface area contributed by atoms with Crippen molar-refractivity contribution in [2.75, 3.05) is 0 Å². The van der Waals surface area contributed by atoms with E-state index in [0.717, 1.165) is 6.42 Å². The summed E-state index contributed by atoms with van der Waals surface area (Å²) in [7, 11) is 0. The molecule has 2 nitrogen and oxygen atoms in total. The molecule has 16 heavy (non-hydrogen) atoms. The number of hydrogen-bond donors (Lipinski definition) is 2. The molecule has 0 aliphatic heterocycles. The molecule has 0 saturated heterocycles. The topological polar surface area (TPSA) is 40.5 Å². The molecule has 0 fully saturated rings. The second-order valence-corrected chi connectivity index (χ2v) is 5.30. The fraction of sp³-hybridized carbons (Fsp3) is 0.538. The molecular weight excluding hydrogens is 207 g/mol. The van der Waals surface area contributed by atoms with Crippen LogP contribution in [-0.2, 0) is 0 Å². The molecule has 0 aliphatic carbocycles. The summed E-state index contributed by atoms with van der Waals surface area (Å²) < 4.78 is 13.5. The van der Waals surface area contributed by atoms with Gasteiger partial charge in [-0.15, -0.1) is 0 Å². The first-order valence-corrected chi connectivity index (χ1v) is 5.47. The molecular formula is C13H19FO2. The van der Waals surface area contributed by atoms with Crippen molar-refractivity contribution < 1.29 is 14.6 Å². The molecule has 0 spiro atoms. The average Bonchev–Trinajstić information content (AvgIpc) is 2.17. The van der Waals surface area contributed by atoms with Gasteiger partial charge in [-0.3, -0.25) is 0 Å². The van der Waals surface area contributed by atoms with Crippen molar-refractivity contribution >= 4 is 0 Å². The summed E-state index contributed by atoms with van der Waals surface area (Å²) in [6, 6.07) is 4.31. The highest BCUT2D eigenvalue weighted by Crippen LogP contribution is 2.30. The molecule has 0 aromatic heterocycles. The maximum atomic E-state index is 13.5. The van der Waals surface area contributed by atoms with Crippen molar-refractivity contribution in [2.24, 2.45) is 5.41 Å². The van der Waals surface area contributed by atoms with E-state index in [-0.39, 0.29) is 11.0 Å². The van der Waals surface area contributed by atoms with Gasteiger partial charge in [0.15, 0.2) is 11.6 Å². The van der Waals surface area contributed by atoms with E-state index in [9.17, 15) is 14.6 Å². The normalized spacial score (nSPS) is 13.8. The van der Waals surface area contributed by atoms with E-state index in [2.05, 4.69) is 20.8 Å². The van der Waals surface area contributed by atoms with Gasteiger partial charge in [0.1, 0.15) is 0 Å². The molecule has 1 rings (SSSR count). The predicted octanol–water partition coefficient (Wildman–Crippen LogP) is 3.39. The van der Waals surface area contributed by atoms with Crippen LogP contribution in [0.25, 0.3) is 0 Å². The largest absolute Gasteiger partial charge is 0.505 e. The highest BCUT2D eigenvalue weighted by molar-refractivity contribution is 5.31. The predicted molar refractivity (Wildman–Crippen MR) is 61.7 cm³/mol. The smallest absolute Gasteiger partial charge is 0.170 e. The van der Waals surface area contributed by atoms with Gasteiger partial charge in [0.05, 0.1) is 6.10 Å². The maximum absolute atomic E-state index is 13.5. The van der Waals surface area contributed by atoms with E-state index in [1.807, 2.05) is 0 Å². The third-order valence-electron chi connectivity index (χ3n) is 2.53. The van der Waals surface area contributed by atoms with E-state index in [4.69, 9.17) is 0 Å². The lowest BCUT2D eigenvalue weighted by molar-refractivity contribution is 0.143. The second-order valence-electron chi connectivity index (χ2n) is 5.30. The highest BCUT2D eigenvalue weighted by atomic mass is 19.1. The van der Waals surface area contributed by atoms with Crippen molar-refractivity contribution in [3.8, 4) is 5.75 Å². The fourth-order valence-electron chi connectivity index (χ4n) is 1.52. The molecule has 2 N–H and O–H groups in total. The Morgan fingerprint density at radius 2 is 1.94 bits per heavy atom. The van der Waals surface area contributed by atoms with Crippen molar-refractivity contribution in [3.63, 3.8) is 0 Å². The maximum Gasteiger partial charge on any atom is 0.170 e. The van der Waals surface area contributed by atoms with Gasteiger partial charge in [0.2, 0.25) is 0 Å². The summed E-state index contributed by atoms with van der Waals surface area (Å²) >= 11 is 0. The molecule has 1 aromatic carbocycles. The Kier molecular flexibility index (Phi) is 3.92. The van der Waals surface area contributed by atoms with Crippen LogP contribution in [0.2, 0.25) is 0 Å². The Hall–Kier alpha value is -1.09. The van der Waals surface area contributed by atoms with Crippen LogP contribution in [0.4, 0.5) is 4.39 Å². The van der Waals surface area contributed by atoms with E-state index >= 15 is 0 Å². The average molecular weight is 226 g/mol. The molecule has 0 saturated carbocycles. The fourth-order valence-corrected chi connectivity index (χ4v) is 1.52. The molecule has 0 unspecified atom stereocenters. The summed E-state index contributed by atoms with van der Waals surface area (Å²) in [5, 5.41) is 19.0. The minimum atomic E-state index is -0.855. The number of aliphatic hydroxyl groups is 1. The number of hydrogen-bond acceptors (Lipinski definition) is 2. The number of halogens is 1. The van der Waals surface area contributed by atoms with Gasteiger partial charge >= 0.3 is 0 Å². The van der Waals surface area contributed by atoms with Crippen molar-refractivity contribution in [1.29, 1.82) is 0 Å². The van der Waals surface area contributed by atoms with Crippen LogP contribution in [0.5, 0.6) is 5.75 Å². The summed E-state index contributed by atoms with van der Waals surface area (Å²) in [5.74, 6) is -1.13. The first-order valence-electron chi connectivity index (χ1n) is 5.47. The molecule has 1 atom stereocenters. The molecule has 0 aliphatic rings. The van der Waals surface area contributed by atoms with Crippen molar-refractivity contribution in [2.45, 2.75) is 39.7 Å². The van der Waals surface area contributed by atoms with Crippen LogP contribution in [0.3, 0.4) is 0 Å². The number of aromatic hydroxyl groups is 1. The van der Waals surface area contributed by atoms with Crippen LogP contribution in [-0.4, -0.2) is 10.2 Å². The molecule has 90 valence electrons. The highest BCUT2D eigenvalue weighted by Gasteiger charge is 2.18. The number of aliphatic hydroxyl groups excluding tert-OH is 1. The summed E-state index contributed by atoms with van der Waals surface area (Å²) in [5.41, 5.74) is 0.276. The van der Waals surface area contributed by atoms with Gasteiger partial charge in [-0.2, -0.15) is 0 Å². The van der Waals surface area contributed by atoms with E-state index in [0.29, 0.717) is 6.42 Å². The standard InChI is InChI=1S/C13H19FO2/c1-13(2,3)8-7-10(15)9-5-4-6-11(16)12(9)14/h4-6,10,15-16H,7-8H2,1-3H3/t10-/m0/s1. The zero-order valence-corrected chi connectivity index (χ0v) is 10.00. The lowest BCUT2D eigenvalue weighted by Gasteiger charge is -2.20. The second kappa shape index (κ2) is 4.83.